The van der Waals surface area contributed by atoms with Gasteiger partial charge in [0.25, 0.3) is 0 Å². The normalized spacial score (nSPS) is 12.5. The summed E-state index contributed by atoms with van der Waals surface area (Å²) >= 11 is 0. The summed E-state index contributed by atoms with van der Waals surface area (Å²) in [7, 11) is 0. The van der Waals surface area contributed by atoms with Crippen LogP contribution in [0.5, 0.6) is 0 Å². The van der Waals surface area contributed by atoms with Gasteiger partial charge in [0, 0.05) is 49.4 Å². The highest BCUT2D eigenvalue weighted by Crippen LogP contribution is 2.56. The molecule has 0 fully saturated rings. The molecule has 15 aromatic rings. The van der Waals surface area contributed by atoms with Crippen LogP contribution in [0.25, 0.3) is 123 Å². The molecule has 16 rings (SSSR count). The average Bonchev–Trinajstić information content (AvgIpc) is 4.40. The lowest BCUT2D eigenvalue weighted by atomic mass is 9.67. The van der Waals surface area contributed by atoms with Crippen LogP contribution < -0.4 is 0 Å². The van der Waals surface area contributed by atoms with Gasteiger partial charge >= 0.3 is 0 Å². The number of hydrogen-bond donors (Lipinski definition) is 0. The zero-order chi connectivity index (χ0) is 53.4. The first-order valence-electron chi connectivity index (χ1n) is 27.3. The highest BCUT2D eigenvalue weighted by Gasteiger charge is 2.46. The second kappa shape index (κ2) is 18.6. The maximum absolute atomic E-state index is 5.52. The Hall–Kier alpha value is -11.0. The van der Waals surface area contributed by atoms with E-state index in [1.54, 1.807) is 0 Å². The first-order valence-corrected chi connectivity index (χ1v) is 27.3. The molecule has 4 aromatic heterocycles. The predicted octanol–water partition coefficient (Wildman–Crippen LogP) is 16.9. The molecule has 0 radical (unpaired) electrons. The van der Waals surface area contributed by atoms with Crippen LogP contribution >= 0.6 is 0 Å². The summed E-state index contributed by atoms with van der Waals surface area (Å²) in [5.41, 5.74) is 16.1. The van der Waals surface area contributed by atoms with Crippen molar-refractivity contribution in [1.29, 1.82) is 0 Å². The summed E-state index contributed by atoms with van der Waals surface area (Å²) < 4.78 is 4.60. The lowest BCUT2D eigenvalue weighted by molar-refractivity contribution is 0.768. The van der Waals surface area contributed by atoms with Crippen LogP contribution in [0.4, 0.5) is 0 Å². The van der Waals surface area contributed by atoms with E-state index in [9.17, 15) is 0 Å². The number of para-hydroxylation sites is 3. The summed E-state index contributed by atoms with van der Waals surface area (Å²) in [5, 5.41) is 4.38. The molecular weight excluding hydrogens is 989 g/mol. The third-order valence-electron chi connectivity index (χ3n) is 16.1. The number of fused-ring (bicyclic) bond motifs is 10. The Morgan fingerprint density at radius 3 is 1.35 bits per heavy atom. The van der Waals surface area contributed by atoms with Gasteiger partial charge in [-0.15, -0.1) is 0 Å². The van der Waals surface area contributed by atoms with E-state index in [-0.39, 0.29) is 0 Å². The number of rotatable bonds is 9. The van der Waals surface area contributed by atoms with Gasteiger partial charge in [0.05, 0.1) is 33.2 Å². The van der Waals surface area contributed by atoms with Gasteiger partial charge in [0.2, 0.25) is 5.95 Å². The molecule has 0 N–H and O–H groups in total. The molecule has 0 amide bonds. The quantitative estimate of drug-likeness (QED) is 0.143. The first kappa shape index (κ1) is 46.2. The van der Waals surface area contributed by atoms with Gasteiger partial charge in [0.1, 0.15) is 0 Å². The zero-order valence-corrected chi connectivity index (χ0v) is 43.6. The maximum atomic E-state index is 5.52. The maximum Gasteiger partial charge on any atom is 0.238 e. The van der Waals surface area contributed by atoms with Gasteiger partial charge in [-0.1, -0.05) is 243 Å². The summed E-state index contributed by atoms with van der Waals surface area (Å²) in [5.74, 6) is 3.45. The molecule has 8 nitrogen and oxygen atoms in total. The van der Waals surface area contributed by atoms with E-state index in [0.29, 0.717) is 35.1 Å². The minimum Gasteiger partial charge on any atom is -0.308 e. The minimum absolute atomic E-state index is 0.531. The van der Waals surface area contributed by atoms with E-state index in [1.807, 2.05) is 78.9 Å². The molecule has 1 aliphatic rings. The van der Waals surface area contributed by atoms with Crippen LogP contribution in [0.1, 0.15) is 22.3 Å². The number of aromatic nitrogens is 8. The lowest BCUT2D eigenvalue weighted by Gasteiger charge is -2.33. The van der Waals surface area contributed by atoms with Crippen molar-refractivity contribution in [2.24, 2.45) is 0 Å². The van der Waals surface area contributed by atoms with Crippen LogP contribution in [0, 0.1) is 0 Å². The van der Waals surface area contributed by atoms with Crippen molar-refractivity contribution in [3.8, 4) is 79.7 Å². The zero-order valence-electron chi connectivity index (χ0n) is 43.6. The molecule has 0 saturated carbocycles. The topological polar surface area (TPSA) is 87.2 Å². The molecule has 0 atom stereocenters. The number of hydrogen-bond acceptors (Lipinski definition) is 6. The van der Waals surface area contributed by atoms with Gasteiger partial charge in [-0.2, -0.15) is 9.97 Å². The summed E-state index contributed by atoms with van der Waals surface area (Å²) in [6.45, 7) is 0. The summed E-state index contributed by atoms with van der Waals surface area (Å²) in [6, 6.07) is 98.1. The molecular formula is C73H46N8. The van der Waals surface area contributed by atoms with Crippen LogP contribution in [0.15, 0.2) is 279 Å². The van der Waals surface area contributed by atoms with Crippen LogP contribution in [-0.2, 0) is 5.41 Å². The van der Waals surface area contributed by atoms with Crippen molar-refractivity contribution in [2.45, 2.75) is 5.41 Å². The smallest absolute Gasteiger partial charge is 0.238 e. The standard InChI is InChI=1S/C73H46N8/c1-6-24-47(25-7-1)67-74-70(50-42-44-60-58(46-50)53-34-16-20-38-59(53)73(60,51-30-12-4-13-31-51)52-32-14-5-15-33-52)77-71(76-67)57-37-19-23-41-63(57)80-61-39-21-17-35-54(61)55-43-45-64-65(66(55)80)56-36-18-22-40-62(56)81(64)72-78-68(48-26-8-2-9-27-48)75-69(79-72)49-28-10-3-11-29-49/h1-46H. The van der Waals surface area contributed by atoms with E-state index in [2.05, 4.69) is 209 Å². The molecule has 0 spiro atoms. The molecule has 0 bridgehead atoms. The van der Waals surface area contributed by atoms with Crippen molar-refractivity contribution >= 4 is 43.6 Å². The van der Waals surface area contributed by atoms with Gasteiger partial charge in [0.15, 0.2) is 29.1 Å². The van der Waals surface area contributed by atoms with E-state index in [4.69, 9.17) is 29.9 Å². The molecule has 0 saturated heterocycles. The van der Waals surface area contributed by atoms with Gasteiger partial charge in [-0.3, -0.25) is 4.57 Å². The highest BCUT2D eigenvalue weighted by molar-refractivity contribution is 6.26. The van der Waals surface area contributed by atoms with E-state index in [1.165, 1.54) is 27.8 Å². The van der Waals surface area contributed by atoms with Crippen molar-refractivity contribution in [2.75, 3.05) is 0 Å². The second-order valence-electron chi connectivity index (χ2n) is 20.6. The fourth-order valence-electron chi connectivity index (χ4n) is 12.7. The minimum atomic E-state index is -0.535. The Kier molecular flexibility index (Phi) is 10.6. The Balaban J connectivity index is 0.928. The fraction of sp³-hybridized carbons (Fsp3) is 0.0137. The van der Waals surface area contributed by atoms with Gasteiger partial charge in [-0.05, 0) is 69.8 Å². The van der Waals surface area contributed by atoms with E-state index in [0.717, 1.165) is 82.7 Å². The molecule has 81 heavy (non-hydrogen) atoms. The fourth-order valence-corrected chi connectivity index (χ4v) is 12.7. The summed E-state index contributed by atoms with van der Waals surface area (Å²) in [4.78, 5) is 31.9. The van der Waals surface area contributed by atoms with Crippen molar-refractivity contribution in [3.05, 3.63) is 301 Å². The lowest BCUT2D eigenvalue weighted by Crippen LogP contribution is -2.28. The highest BCUT2D eigenvalue weighted by atomic mass is 15.2. The third kappa shape index (κ3) is 7.24. The number of benzene rings is 11. The number of nitrogens with zero attached hydrogens (tertiary/aromatic N) is 8. The molecule has 0 aliphatic heterocycles. The molecule has 1 aliphatic carbocycles. The molecule has 0 unspecified atom stereocenters. The monoisotopic (exact) mass is 1030 g/mol. The van der Waals surface area contributed by atoms with Gasteiger partial charge < -0.3 is 4.57 Å². The largest absolute Gasteiger partial charge is 0.308 e. The third-order valence-corrected chi connectivity index (χ3v) is 16.1. The Morgan fingerprint density at radius 2 is 0.728 bits per heavy atom. The summed E-state index contributed by atoms with van der Waals surface area (Å²) in [6.07, 6.45) is 0. The van der Waals surface area contributed by atoms with Crippen LogP contribution in [0.3, 0.4) is 0 Å². The molecule has 4 heterocycles. The second-order valence-corrected chi connectivity index (χ2v) is 20.6. The van der Waals surface area contributed by atoms with Crippen molar-refractivity contribution in [1.82, 2.24) is 39.0 Å². The molecule has 8 heteroatoms. The Bertz CT molecular complexity index is 4820. The van der Waals surface area contributed by atoms with Crippen molar-refractivity contribution in [3.63, 3.8) is 0 Å². The average molecular weight is 1040 g/mol. The molecule has 11 aromatic carbocycles. The van der Waals surface area contributed by atoms with Crippen LogP contribution in [-0.4, -0.2) is 39.0 Å². The van der Waals surface area contributed by atoms with Crippen molar-refractivity contribution < 1.29 is 0 Å². The van der Waals surface area contributed by atoms with Crippen LogP contribution in [0.2, 0.25) is 0 Å². The first-order chi connectivity index (χ1) is 40.2. The van der Waals surface area contributed by atoms with E-state index >= 15 is 0 Å². The molecule has 378 valence electrons. The van der Waals surface area contributed by atoms with E-state index < -0.39 is 5.41 Å². The predicted molar refractivity (Wildman–Crippen MR) is 326 cm³/mol. The Labute approximate surface area is 466 Å². The SMILES string of the molecule is c1ccc(-c2nc(-c3ccc4c(c3)-c3ccccc3C4(c3ccccc3)c3ccccc3)nc(-c3ccccc3-n3c4ccccc4c4ccc5c(c6ccccc6n5-c5nc(-c6ccccc6)nc(-c6ccccc6)n5)c43)n2)cc1. The Morgan fingerprint density at radius 1 is 0.272 bits per heavy atom. The van der Waals surface area contributed by atoms with Gasteiger partial charge in [-0.25, -0.2) is 19.9 Å².